The zero-order valence-corrected chi connectivity index (χ0v) is 12.2. The molecule has 0 radical (unpaired) electrons. The highest BCUT2D eigenvalue weighted by atomic mass is 19.4. The van der Waals surface area contributed by atoms with Gasteiger partial charge in [0.1, 0.15) is 6.61 Å². The summed E-state index contributed by atoms with van der Waals surface area (Å²) in [4.78, 5) is 11.2. The van der Waals surface area contributed by atoms with Crippen LogP contribution >= 0.6 is 0 Å². The molecule has 0 spiro atoms. The van der Waals surface area contributed by atoms with Crippen LogP contribution in [0.5, 0.6) is 18.0 Å². The second-order valence-corrected chi connectivity index (χ2v) is 4.29. The van der Waals surface area contributed by atoms with Crippen LogP contribution in [0.4, 0.5) is 13.2 Å². The molecule has 9 heteroatoms. The van der Waals surface area contributed by atoms with E-state index >= 15 is 0 Å². The van der Waals surface area contributed by atoms with Crippen LogP contribution in [0, 0.1) is 0 Å². The molecule has 1 heterocycles. The summed E-state index contributed by atoms with van der Waals surface area (Å²) in [6.45, 7) is 0.557. The second-order valence-electron chi connectivity index (χ2n) is 4.29. The number of nitrogens with zero attached hydrogens (tertiary/aromatic N) is 3. The molecule has 23 heavy (non-hydrogen) atoms. The molecule has 0 saturated heterocycles. The normalized spacial score (nSPS) is 11.1. The number of rotatable bonds is 7. The molecular weight excluding hydrogens is 315 g/mol. The summed E-state index contributed by atoms with van der Waals surface area (Å²) in [6.07, 6.45) is -4.50. The maximum absolute atomic E-state index is 12.2. The lowest BCUT2D eigenvalue weighted by molar-refractivity contribution is -0.154. The molecule has 0 aliphatic carbocycles. The van der Waals surface area contributed by atoms with Crippen LogP contribution in [0.2, 0.25) is 0 Å². The average molecular weight is 329 g/mol. The Labute approximate surface area is 130 Å². The zero-order valence-electron chi connectivity index (χ0n) is 12.2. The molecule has 124 valence electrons. The van der Waals surface area contributed by atoms with Gasteiger partial charge in [-0.25, -0.2) is 0 Å². The number of ether oxygens (including phenoxy) is 3. The summed E-state index contributed by atoms with van der Waals surface area (Å²) < 4.78 is 51.5. The van der Waals surface area contributed by atoms with Crippen molar-refractivity contribution in [1.82, 2.24) is 15.0 Å². The Balaban J connectivity index is 2.09. The van der Waals surface area contributed by atoms with Crippen LogP contribution in [-0.2, 0) is 6.61 Å². The van der Waals surface area contributed by atoms with Gasteiger partial charge in [-0.15, -0.1) is 15.0 Å². The van der Waals surface area contributed by atoms with E-state index in [1.165, 1.54) is 0 Å². The third-order valence-corrected chi connectivity index (χ3v) is 2.42. The van der Waals surface area contributed by atoms with E-state index in [9.17, 15) is 13.2 Å². The van der Waals surface area contributed by atoms with E-state index in [2.05, 4.69) is 19.7 Å². The summed E-state index contributed by atoms with van der Waals surface area (Å²) in [7, 11) is 0. The van der Waals surface area contributed by atoms with Crippen molar-refractivity contribution in [2.24, 2.45) is 0 Å². The number of hydrogen-bond donors (Lipinski definition) is 0. The van der Waals surface area contributed by atoms with Crippen molar-refractivity contribution in [2.45, 2.75) is 19.7 Å². The molecule has 0 N–H and O–H groups in total. The van der Waals surface area contributed by atoms with Crippen LogP contribution in [0.3, 0.4) is 0 Å². The highest BCUT2D eigenvalue weighted by molar-refractivity contribution is 5.15. The predicted octanol–water partition coefficient (Wildman–Crippen LogP) is 2.79. The minimum atomic E-state index is -4.50. The molecule has 0 unspecified atom stereocenters. The summed E-state index contributed by atoms with van der Waals surface area (Å²) in [6, 6.07) is 8.31. The fourth-order valence-electron chi connectivity index (χ4n) is 1.51. The lowest BCUT2D eigenvalue weighted by Gasteiger charge is -2.10. The van der Waals surface area contributed by atoms with E-state index in [4.69, 9.17) is 9.47 Å². The number of aromatic nitrogens is 3. The first-order valence-corrected chi connectivity index (χ1v) is 6.71. The summed E-state index contributed by atoms with van der Waals surface area (Å²) in [5, 5.41) is 0. The van der Waals surface area contributed by atoms with Gasteiger partial charge in [-0.2, -0.15) is 13.2 Å². The Morgan fingerprint density at radius 2 is 1.43 bits per heavy atom. The molecule has 0 saturated carbocycles. The third kappa shape index (κ3) is 5.97. The quantitative estimate of drug-likeness (QED) is 0.778. The molecular formula is C14H14F3N3O3. The SMILES string of the molecule is CCOc1nc(OCc2ccccc2)nc(OCC(F)(F)F)n1. The Bertz CT molecular complexity index is 624. The van der Waals surface area contributed by atoms with Crippen LogP contribution < -0.4 is 14.2 Å². The zero-order chi connectivity index (χ0) is 16.7. The second kappa shape index (κ2) is 7.61. The Kier molecular flexibility index (Phi) is 5.56. The van der Waals surface area contributed by atoms with Gasteiger partial charge in [0.05, 0.1) is 6.61 Å². The molecule has 2 rings (SSSR count). The number of halogens is 3. The van der Waals surface area contributed by atoms with Gasteiger partial charge in [0, 0.05) is 0 Å². The average Bonchev–Trinajstić information content (AvgIpc) is 2.52. The molecule has 6 nitrogen and oxygen atoms in total. The van der Waals surface area contributed by atoms with E-state index in [0.29, 0.717) is 0 Å². The summed E-state index contributed by atoms with van der Waals surface area (Å²) in [5.74, 6) is 0. The lowest BCUT2D eigenvalue weighted by Crippen LogP contribution is -2.20. The predicted molar refractivity (Wildman–Crippen MR) is 73.3 cm³/mol. The fraction of sp³-hybridized carbons (Fsp3) is 0.357. The smallest absolute Gasteiger partial charge is 0.422 e. The van der Waals surface area contributed by atoms with Gasteiger partial charge in [-0.05, 0) is 12.5 Å². The van der Waals surface area contributed by atoms with Crippen molar-refractivity contribution < 1.29 is 27.4 Å². The van der Waals surface area contributed by atoms with Gasteiger partial charge < -0.3 is 14.2 Å². The molecule has 1 aromatic heterocycles. The van der Waals surface area contributed by atoms with Gasteiger partial charge in [-0.3, -0.25) is 0 Å². The Hall–Kier alpha value is -2.58. The number of hydrogen-bond acceptors (Lipinski definition) is 6. The lowest BCUT2D eigenvalue weighted by atomic mass is 10.2. The van der Waals surface area contributed by atoms with Gasteiger partial charge in [0.2, 0.25) is 0 Å². The maximum atomic E-state index is 12.2. The topological polar surface area (TPSA) is 66.4 Å². The molecule has 0 fully saturated rings. The molecule has 1 aromatic carbocycles. The molecule has 2 aromatic rings. The first-order chi connectivity index (χ1) is 11.0. The van der Waals surface area contributed by atoms with Crippen LogP contribution in [-0.4, -0.2) is 34.3 Å². The van der Waals surface area contributed by atoms with Crippen molar-refractivity contribution in [3.05, 3.63) is 35.9 Å². The fourth-order valence-corrected chi connectivity index (χ4v) is 1.51. The minimum absolute atomic E-state index is 0.148. The van der Waals surface area contributed by atoms with E-state index in [1.807, 2.05) is 30.3 Å². The monoisotopic (exact) mass is 329 g/mol. The van der Waals surface area contributed by atoms with Crippen molar-refractivity contribution >= 4 is 0 Å². The van der Waals surface area contributed by atoms with E-state index in [0.717, 1.165) is 5.56 Å². The van der Waals surface area contributed by atoms with E-state index in [1.54, 1.807) is 6.92 Å². The first-order valence-electron chi connectivity index (χ1n) is 6.71. The summed E-state index contributed by atoms with van der Waals surface area (Å²) >= 11 is 0. The van der Waals surface area contributed by atoms with Gasteiger partial charge in [0.15, 0.2) is 6.61 Å². The maximum Gasteiger partial charge on any atom is 0.422 e. The standard InChI is InChI=1S/C14H14F3N3O3/c1-2-21-11-18-12(22-8-10-6-4-3-5-7-10)20-13(19-11)23-9-14(15,16)17/h3-7H,2,8-9H2,1H3. The first kappa shape index (κ1) is 16.8. The largest absolute Gasteiger partial charge is 0.464 e. The van der Waals surface area contributed by atoms with Crippen LogP contribution in [0.15, 0.2) is 30.3 Å². The van der Waals surface area contributed by atoms with Gasteiger partial charge in [-0.1, -0.05) is 30.3 Å². The van der Waals surface area contributed by atoms with Crippen molar-refractivity contribution in [3.63, 3.8) is 0 Å². The van der Waals surface area contributed by atoms with E-state index < -0.39 is 18.8 Å². The molecule has 0 amide bonds. The Morgan fingerprint density at radius 3 is 2.00 bits per heavy atom. The van der Waals surface area contributed by atoms with E-state index in [-0.39, 0.29) is 25.2 Å². The number of benzene rings is 1. The van der Waals surface area contributed by atoms with Gasteiger partial charge in [0.25, 0.3) is 0 Å². The molecule has 0 atom stereocenters. The van der Waals surface area contributed by atoms with Crippen LogP contribution in [0.1, 0.15) is 12.5 Å². The highest BCUT2D eigenvalue weighted by Crippen LogP contribution is 2.19. The Morgan fingerprint density at radius 1 is 0.870 bits per heavy atom. The van der Waals surface area contributed by atoms with Crippen molar-refractivity contribution in [1.29, 1.82) is 0 Å². The highest BCUT2D eigenvalue weighted by Gasteiger charge is 2.29. The third-order valence-electron chi connectivity index (χ3n) is 2.42. The summed E-state index contributed by atoms with van der Waals surface area (Å²) in [5.41, 5.74) is 0.851. The van der Waals surface area contributed by atoms with Crippen molar-refractivity contribution in [2.75, 3.05) is 13.2 Å². The molecule has 0 aliphatic heterocycles. The molecule has 0 aliphatic rings. The van der Waals surface area contributed by atoms with Gasteiger partial charge >= 0.3 is 24.2 Å². The minimum Gasteiger partial charge on any atom is -0.464 e. The number of alkyl halides is 3. The van der Waals surface area contributed by atoms with Crippen molar-refractivity contribution in [3.8, 4) is 18.0 Å². The van der Waals surface area contributed by atoms with Crippen LogP contribution in [0.25, 0.3) is 0 Å². The molecule has 0 bridgehead atoms.